The number of esters is 1. The number of rotatable bonds is 13. The topological polar surface area (TPSA) is 114 Å². The molecular weight excluding hydrogens is 572 g/mol. The molecule has 0 bridgehead atoms. The summed E-state index contributed by atoms with van der Waals surface area (Å²) >= 11 is 0. The second-order valence-corrected chi connectivity index (χ2v) is 11.6. The van der Waals surface area contributed by atoms with E-state index >= 15 is 0 Å². The summed E-state index contributed by atoms with van der Waals surface area (Å²) in [6.45, 7) is 3.02. The fourth-order valence-corrected chi connectivity index (χ4v) is 6.09. The summed E-state index contributed by atoms with van der Waals surface area (Å²) in [6.07, 6.45) is 4.23. The molecule has 1 fully saturated rings. The van der Waals surface area contributed by atoms with E-state index in [4.69, 9.17) is 19.3 Å². The zero-order chi connectivity index (χ0) is 31.8. The van der Waals surface area contributed by atoms with Gasteiger partial charge in [-0.15, -0.1) is 0 Å². The van der Waals surface area contributed by atoms with Crippen LogP contribution in [0.4, 0.5) is 5.69 Å². The van der Waals surface area contributed by atoms with Crippen molar-refractivity contribution in [3.05, 3.63) is 94.6 Å². The van der Waals surface area contributed by atoms with Crippen molar-refractivity contribution in [1.82, 2.24) is 4.90 Å². The van der Waals surface area contributed by atoms with Crippen LogP contribution in [0.5, 0.6) is 11.5 Å². The van der Waals surface area contributed by atoms with Gasteiger partial charge in [-0.3, -0.25) is 14.5 Å². The van der Waals surface area contributed by atoms with Gasteiger partial charge in [0.1, 0.15) is 5.76 Å². The highest BCUT2D eigenvalue weighted by atomic mass is 16.5. The highest BCUT2D eigenvalue weighted by molar-refractivity contribution is 5.92. The monoisotopic (exact) mass is 612 g/mol. The molecule has 0 atom stereocenters. The molecule has 0 aromatic heterocycles. The third kappa shape index (κ3) is 8.30. The van der Waals surface area contributed by atoms with E-state index in [1.54, 1.807) is 14.2 Å². The molecule has 1 aliphatic carbocycles. The maximum Gasteiger partial charge on any atom is 0.335 e. The van der Waals surface area contributed by atoms with Crippen LogP contribution in [0.1, 0.15) is 65.6 Å². The Bertz CT molecular complexity index is 1540. The molecule has 1 aliphatic heterocycles. The van der Waals surface area contributed by atoms with E-state index in [1.807, 2.05) is 18.2 Å². The minimum Gasteiger partial charge on any atom is -0.493 e. The molecule has 0 saturated carbocycles. The third-order valence-corrected chi connectivity index (χ3v) is 8.49. The summed E-state index contributed by atoms with van der Waals surface area (Å²) in [5.41, 5.74) is 4.97. The van der Waals surface area contributed by atoms with Gasteiger partial charge in [-0.25, -0.2) is 4.79 Å². The number of anilines is 1. The predicted octanol–water partition coefficient (Wildman–Crippen LogP) is 6.32. The Balaban J connectivity index is 1.20. The molecule has 3 aromatic rings. The van der Waals surface area contributed by atoms with Crippen molar-refractivity contribution in [3.8, 4) is 11.5 Å². The van der Waals surface area contributed by atoms with Gasteiger partial charge in [-0.1, -0.05) is 30.3 Å². The summed E-state index contributed by atoms with van der Waals surface area (Å²) in [5.74, 6) is 0.636. The lowest BCUT2D eigenvalue weighted by atomic mass is 9.89. The van der Waals surface area contributed by atoms with Gasteiger partial charge in [0.05, 0.1) is 19.8 Å². The van der Waals surface area contributed by atoms with E-state index in [-0.39, 0.29) is 30.3 Å². The lowest BCUT2D eigenvalue weighted by Crippen LogP contribution is -2.33. The Labute approximate surface area is 263 Å². The standard InChI is InChI=1S/C36H40N2O7/c1-43-31-21-27-20-28(19-24-15-17-38(18-16-24)23-25-7-4-3-5-8-25)35(30(27)22-32(31)44-2)45-34(40)10-6-9-33(39)37-29-13-11-26(12-14-29)36(41)42/h3-5,7-8,11-14,21-22,24H,6,9-10,15-20,23H2,1-2H3,(H,37,39)(H,41,42). The Kier molecular flexibility index (Phi) is 10.5. The number of methoxy groups -OCH3 is 2. The Morgan fingerprint density at radius 2 is 1.60 bits per heavy atom. The number of carboxylic acid groups (broad SMARTS) is 1. The molecule has 1 amide bonds. The summed E-state index contributed by atoms with van der Waals surface area (Å²) in [6, 6.07) is 20.3. The smallest absolute Gasteiger partial charge is 0.335 e. The Morgan fingerprint density at radius 1 is 0.911 bits per heavy atom. The zero-order valence-electron chi connectivity index (χ0n) is 25.8. The van der Waals surface area contributed by atoms with E-state index in [1.165, 1.54) is 29.8 Å². The number of piperidine rings is 1. The molecule has 2 N–H and O–H groups in total. The highest BCUT2D eigenvalue weighted by Crippen LogP contribution is 2.43. The quantitative estimate of drug-likeness (QED) is 0.216. The number of nitrogens with one attached hydrogen (secondary N) is 1. The fourth-order valence-electron chi connectivity index (χ4n) is 6.09. The number of fused-ring (bicyclic) bond motifs is 1. The summed E-state index contributed by atoms with van der Waals surface area (Å²) < 4.78 is 17.1. The van der Waals surface area contributed by atoms with Crippen LogP contribution in [0.2, 0.25) is 0 Å². The van der Waals surface area contributed by atoms with Crippen LogP contribution < -0.4 is 14.8 Å². The number of carboxylic acids is 1. The lowest BCUT2D eigenvalue weighted by Gasteiger charge is -2.32. The summed E-state index contributed by atoms with van der Waals surface area (Å²) in [4.78, 5) is 39.0. The lowest BCUT2D eigenvalue weighted by molar-refractivity contribution is -0.136. The van der Waals surface area contributed by atoms with Crippen molar-refractivity contribution in [2.24, 2.45) is 5.92 Å². The Hall–Kier alpha value is -4.63. The van der Waals surface area contributed by atoms with E-state index in [0.717, 1.165) is 55.6 Å². The minimum atomic E-state index is -1.03. The van der Waals surface area contributed by atoms with Gasteiger partial charge in [0.15, 0.2) is 11.5 Å². The number of hydrogen-bond acceptors (Lipinski definition) is 7. The van der Waals surface area contributed by atoms with Crippen molar-refractivity contribution in [2.75, 3.05) is 32.6 Å². The molecule has 0 unspecified atom stereocenters. The van der Waals surface area contributed by atoms with Crippen molar-refractivity contribution in [3.63, 3.8) is 0 Å². The molecule has 0 radical (unpaired) electrons. The molecular formula is C36H40N2O7. The number of likely N-dealkylation sites (tertiary alicyclic amines) is 1. The van der Waals surface area contributed by atoms with Gasteiger partial charge in [0.2, 0.25) is 5.91 Å². The average Bonchev–Trinajstić information content (AvgIpc) is 3.36. The van der Waals surface area contributed by atoms with E-state index in [2.05, 4.69) is 34.5 Å². The SMILES string of the molecule is COc1cc2c(cc1OC)C(OC(=O)CCCC(=O)Nc1ccc(C(=O)O)cc1)=C(CC1CCN(Cc3ccccc3)CC1)C2. The first-order valence-electron chi connectivity index (χ1n) is 15.4. The van der Waals surface area contributed by atoms with Crippen LogP contribution in [0, 0.1) is 5.92 Å². The molecule has 2 aliphatic rings. The maximum atomic E-state index is 13.1. The number of carbonyl (C=O) groups is 3. The van der Waals surface area contributed by atoms with Crippen LogP contribution in [0.25, 0.3) is 5.76 Å². The van der Waals surface area contributed by atoms with Gasteiger partial charge < -0.3 is 24.6 Å². The van der Waals surface area contributed by atoms with Crippen LogP contribution in [0.3, 0.4) is 0 Å². The summed E-state index contributed by atoms with van der Waals surface area (Å²) in [7, 11) is 3.20. The van der Waals surface area contributed by atoms with Crippen molar-refractivity contribution in [1.29, 1.82) is 0 Å². The molecule has 9 heteroatoms. The molecule has 9 nitrogen and oxygen atoms in total. The van der Waals surface area contributed by atoms with Crippen LogP contribution >= 0.6 is 0 Å². The molecule has 236 valence electrons. The predicted molar refractivity (Wildman–Crippen MR) is 171 cm³/mol. The number of aromatic carboxylic acids is 1. The number of allylic oxidation sites excluding steroid dienone is 1. The number of benzene rings is 3. The normalized spacial score (nSPS) is 15.0. The number of amides is 1. The molecule has 1 saturated heterocycles. The largest absolute Gasteiger partial charge is 0.493 e. The number of ether oxygens (including phenoxy) is 3. The molecule has 0 spiro atoms. The first-order valence-corrected chi connectivity index (χ1v) is 15.4. The highest BCUT2D eigenvalue weighted by Gasteiger charge is 2.30. The van der Waals surface area contributed by atoms with E-state index < -0.39 is 5.97 Å². The zero-order valence-corrected chi connectivity index (χ0v) is 25.8. The van der Waals surface area contributed by atoms with Crippen molar-refractivity contribution < 1.29 is 33.7 Å². The molecule has 5 rings (SSSR count). The first kappa shape index (κ1) is 31.8. The first-order chi connectivity index (χ1) is 21.8. The average molecular weight is 613 g/mol. The molecule has 3 aromatic carbocycles. The van der Waals surface area contributed by atoms with Crippen molar-refractivity contribution in [2.45, 2.75) is 51.5 Å². The van der Waals surface area contributed by atoms with Gasteiger partial charge >= 0.3 is 11.9 Å². The second kappa shape index (κ2) is 14.9. The van der Waals surface area contributed by atoms with Gasteiger partial charge in [-0.2, -0.15) is 0 Å². The maximum absolute atomic E-state index is 13.1. The van der Waals surface area contributed by atoms with E-state index in [0.29, 0.717) is 41.7 Å². The number of nitrogens with zero attached hydrogens (tertiary/aromatic N) is 1. The minimum absolute atomic E-state index is 0.0860. The summed E-state index contributed by atoms with van der Waals surface area (Å²) in [5, 5.41) is 11.8. The number of carbonyl (C=O) groups excluding carboxylic acids is 2. The van der Waals surface area contributed by atoms with Crippen LogP contribution in [0.15, 0.2) is 72.3 Å². The molecule has 1 heterocycles. The Morgan fingerprint density at radius 3 is 2.27 bits per heavy atom. The third-order valence-electron chi connectivity index (χ3n) is 8.49. The second-order valence-electron chi connectivity index (χ2n) is 11.6. The molecule has 45 heavy (non-hydrogen) atoms. The van der Waals surface area contributed by atoms with Crippen LogP contribution in [-0.2, 0) is 27.3 Å². The van der Waals surface area contributed by atoms with Gasteiger partial charge in [0, 0.05) is 30.6 Å². The van der Waals surface area contributed by atoms with Gasteiger partial charge in [0.25, 0.3) is 0 Å². The van der Waals surface area contributed by atoms with Crippen LogP contribution in [-0.4, -0.2) is 55.2 Å². The fraction of sp³-hybridized carbons (Fsp3) is 0.361. The van der Waals surface area contributed by atoms with E-state index in [9.17, 15) is 14.4 Å². The van der Waals surface area contributed by atoms with Gasteiger partial charge in [-0.05, 0) is 104 Å². The number of hydrogen-bond donors (Lipinski definition) is 2. The van der Waals surface area contributed by atoms with Crippen molar-refractivity contribution >= 4 is 29.3 Å².